The summed E-state index contributed by atoms with van der Waals surface area (Å²) in [6.07, 6.45) is 2.96. The lowest BCUT2D eigenvalue weighted by atomic mass is 9.98. The van der Waals surface area contributed by atoms with Crippen molar-refractivity contribution in [1.82, 2.24) is 9.88 Å². The van der Waals surface area contributed by atoms with E-state index in [1.807, 2.05) is 36.1 Å². The number of hydrogen-bond acceptors (Lipinski definition) is 5. The van der Waals surface area contributed by atoms with Gasteiger partial charge >= 0.3 is 0 Å². The van der Waals surface area contributed by atoms with Gasteiger partial charge in [-0.15, -0.1) is 11.3 Å². The number of aryl methyl sites for hydroxylation is 2. The number of methoxy groups -OCH3 is 1. The number of carbonyl (C=O) groups excluding carboxylic acids is 1. The highest BCUT2D eigenvalue weighted by Gasteiger charge is 2.27. The zero-order valence-electron chi connectivity index (χ0n) is 15.7. The summed E-state index contributed by atoms with van der Waals surface area (Å²) in [6.45, 7) is 6.16. The molecule has 1 fully saturated rings. The Kier molecular flexibility index (Phi) is 6.14. The number of rotatable bonds is 6. The van der Waals surface area contributed by atoms with Crippen LogP contribution in [0.4, 0.5) is 0 Å². The summed E-state index contributed by atoms with van der Waals surface area (Å²) >= 11 is 1.53. The Bertz CT molecular complexity index is 759. The molecule has 1 aromatic heterocycles. The lowest BCUT2D eigenvalue weighted by molar-refractivity contribution is 0.0637. The van der Waals surface area contributed by atoms with Crippen molar-refractivity contribution < 1.29 is 14.3 Å². The predicted octanol–water partition coefficient (Wildman–Crippen LogP) is 3.95. The molecule has 3 rings (SSSR count). The van der Waals surface area contributed by atoms with Crippen molar-refractivity contribution in [1.29, 1.82) is 0 Å². The van der Waals surface area contributed by atoms with E-state index in [9.17, 15) is 4.79 Å². The van der Waals surface area contributed by atoms with Gasteiger partial charge in [0.25, 0.3) is 5.91 Å². The van der Waals surface area contributed by atoms with Gasteiger partial charge in [0, 0.05) is 25.1 Å². The van der Waals surface area contributed by atoms with Crippen molar-refractivity contribution >= 4 is 17.2 Å². The molecular formula is C20H26N2O3S. The molecule has 0 unspecified atom stereocenters. The maximum Gasteiger partial charge on any atom is 0.265 e. The maximum atomic E-state index is 12.9. The molecule has 5 nitrogen and oxygen atoms in total. The molecule has 140 valence electrons. The van der Waals surface area contributed by atoms with Crippen LogP contribution in [0.15, 0.2) is 24.3 Å². The molecule has 1 aliphatic rings. The number of hydrogen-bond donors (Lipinski definition) is 0. The number of aromatic nitrogens is 1. The van der Waals surface area contributed by atoms with E-state index in [-0.39, 0.29) is 5.91 Å². The fourth-order valence-electron chi connectivity index (χ4n) is 3.24. The molecule has 1 aliphatic heterocycles. The van der Waals surface area contributed by atoms with Gasteiger partial charge in [-0.05, 0) is 38.3 Å². The molecule has 1 aromatic carbocycles. The second-order valence-electron chi connectivity index (χ2n) is 6.63. The van der Waals surface area contributed by atoms with Gasteiger partial charge in [0.05, 0.1) is 24.4 Å². The van der Waals surface area contributed by atoms with E-state index in [1.165, 1.54) is 11.3 Å². The Morgan fingerprint density at radius 1 is 1.38 bits per heavy atom. The quantitative estimate of drug-likeness (QED) is 0.768. The third kappa shape index (κ3) is 4.36. The van der Waals surface area contributed by atoms with E-state index in [4.69, 9.17) is 9.47 Å². The first-order chi connectivity index (χ1) is 12.6. The lowest BCUT2D eigenvalue weighted by Crippen LogP contribution is -2.41. The molecule has 0 aliphatic carbocycles. The number of nitrogens with zero attached hydrogens (tertiary/aromatic N) is 2. The topological polar surface area (TPSA) is 51.7 Å². The molecule has 2 aromatic rings. The summed E-state index contributed by atoms with van der Waals surface area (Å²) in [5.41, 5.74) is 0.853. The molecule has 0 radical (unpaired) electrons. The van der Waals surface area contributed by atoms with Crippen LogP contribution in [-0.4, -0.2) is 42.6 Å². The standard InChI is InChI=1S/C20H26N2O3S/c1-4-18-21-14(2)19(26-18)20(23)22-10-6-7-15(12-22)13-25-17-9-5-8-16(11-17)24-3/h5,8-9,11,15H,4,6-7,10,12-13H2,1-3H3/t15-/m0/s1. The first kappa shape index (κ1) is 18.7. The van der Waals surface area contributed by atoms with Crippen LogP contribution in [-0.2, 0) is 6.42 Å². The Labute approximate surface area is 159 Å². The largest absolute Gasteiger partial charge is 0.497 e. The minimum absolute atomic E-state index is 0.116. The van der Waals surface area contributed by atoms with E-state index in [0.29, 0.717) is 12.5 Å². The van der Waals surface area contributed by atoms with E-state index < -0.39 is 0 Å². The molecule has 0 saturated carbocycles. The second-order valence-corrected chi connectivity index (χ2v) is 7.71. The average molecular weight is 375 g/mol. The van der Waals surface area contributed by atoms with Crippen LogP contribution in [0.3, 0.4) is 0 Å². The van der Waals surface area contributed by atoms with Crippen molar-refractivity contribution in [2.75, 3.05) is 26.8 Å². The number of amides is 1. The fourth-order valence-corrected chi connectivity index (χ4v) is 4.21. The normalized spacial score (nSPS) is 17.2. The minimum Gasteiger partial charge on any atom is -0.497 e. The number of thiazole rings is 1. The van der Waals surface area contributed by atoms with Crippen molar-refractivity contribution in [3.05, 3.63) is 39.8 Å². The molecule has 0 N–H and O–H groups in total. The van der Waals surface area contributed by atoms with Gasteiger partial charge in [-0.1, -0.05) is 13.0 Å². The van der Waals surface area contributed by atoms with Gasteiger partial charge in [-0.3, -0.25) is 4.79 Å². The van der Waals surface area contributed by atoms with Gasteiger partial charge in [0.2, 0.25) is 0 Å². The molecule has 0 spiro atoms. The highest BCUT2D eigenvalue weighted by atomic mass is 32.1. The molecule has 6 heteroatoms. The highest BCUT2D eigenvalue weighted by Crippen LogP contribution is 2.25. The van der Waals surface area contributed by atoms with Gasteiger partial charge in [-0.25, -0.2) is 4.98 Å². The van der Waals surface area contributed by atoms with Crippen LogP contribution in [0.1, 0.15) is 40.1 Å². The predicted molar refractivity (Wildman–Crippen MR) is 103 cm³/mol. The Hall–Kier alpha value is -2.08. The fraction of sp³-hybridized carbons (Fsp3) is 0.500. The Morgan fingerprint density at radius 2 is 2.19 bits per heavy atom. The minimum atomic E-state index is 0.116. The molecule has 1 saturated heterocycles. The van der Waals surface area contributed by atoms with Crippen LogP contribution in [0, 0.1) is 12.8 Å². The van der Waals surface area contributed by atoms with E-state index in [0.717, 1.165) is 59.4 Å². The summed E-state index contributed by atoms with van der Waals surface area (Å²) in [6, 6.07) is 7.64. The monoisotopic (exact) mass is 374 g/mol. The Balaban J connectivity index is 1.59. The molecular weight excluding hydrogens is 348 g/mol. The molecule has 0 bridgehead atoms. The zero-order chi connectivity index (χ0) is 18.5. The van der Waals surface area contributed by atoms with Crippen LogP contribution in [0.2, 0.25) is 0 Å². The first-order valence-corrected chi connectivity index (χ1v) is 9.94. The van der Waals surface area contributed by atoms with Gasteiger partial charge in [0.15, 0.2) is 0 Å². The van der Waals surface area contributed by atoms with Crippen LogP contribution in [0.5, 0.6) is 11.5 Å². The van der Waals surface area contributed by atoms with Crippen molar-refractivity contribution in [2.45, 2.75) is 33.1 Å². The van der Waals surface area contributed by atoms with Crippen LogP contribution in [0.25, 0.3) is 0 Å². The smallest absolute Gasteiger partial charge is 0.265 e. The van der Waals surface area contributed by atoms with E-state index >= 15 is 0 Å². The van der Waals surface area contributed by atoms with Gasteiger partial charge in [0.1, 0.15) is 16.4 Å². The molecule has 1 atom stereocenters. The van der Waals surface area contributed by atoms with E-state index in [1.54, 1.807) is 7.11 Å². The number of benzene rings is 1. The number of piperidine rings is 1. The highest BCUT2D eigenvalue weighted by molar-refractivity contribution is 7.13. The number of ether oxygens (including phenoxy) is 2. The molecule has 2 heterocycles. The summed E-state index contributed by atoms with van der Waals surface area (Å²) in [4.78, 5) is 20.1. The van der Waals surface area contributed by atoms with Crippen LogP contribution >= 0.6 is 11.3 Å². The van der Waals surface area contributed by atoms with Gasteiger partial charge in [-0.2, -0.15) is 0 Å². The van der Waals surface area contributed by atoms with Crippen molar-refractivity contribution in [3.8, 4) is 11.5 Å². The third-order valence-electron chi connectivity index (χ3n) is 4.67. The Morgan fingerprint density at radius 3 is 2.92 bits per heavy atom. The number of likely N-dealkylation sites (tertiary alicyclic amines) is 1. The zero-order valence-corrected chi connectivity index (χ0v) is 16.5. The number of carbonyl (C=O) groups is 1. The van der Waals surface area contributed by atoms with Crippen molar-refractivity contribution in [2.24, 2.45) is 5.92 Å². The summed E-state index contributed by atoms with van der Waals surface area (Å²) in [5.74, 6) is 2.05. The average Bonchev–Trinajstić information content (AvgIpc) is 3.07. The second kappa shape index (κ2) is 8.54. The lowest BCUT2D eigenvalue weighted by Gasteiger charge is -2.32. The summed E-state index contributed by atoms with van der Waals surface area (Å²) in [7, 11) is 1.65. The maximum absolute atomic E-state index is 12.9. The SMILES string of the molecule is CCc1nc(C)c(C(=O)N2CCC[C@H](COc3cccc(OC)c3)C2)s1. The summed E-state index contributed by atoms with van der Waals surface area (Å²) < 4.78 is 11.2. The summed E-state index contributed by atoms with van der Waals surface area (Å²) in [5, 5.41) is 1.03. The van der Waals surface area contributed by atoms with Crippen molar-refractivity contribution in [3.63, 3.8) is 0 Å². The molecule has 26 heavy (non-hydrogen) atoms. The third-order valence-corrected chi connectivity index (χ3v) is 5.96. The van der Waals surface area contributed by atoms with Gasteiger partial charge < -0.3 is 14.4 Å². The van der Waals surface area contributed by atoms with Crippen LogP contribution < -0.4 is 9.47 Å². The first-order valence-electron chi connectivity index (χ1n) is 9.13. The van der Waals surface area contributed by atoms with E-state index in [2.05, 4.69) is 11.9 Å². The molecule has 1 amide bonds.